The van der Waals surface area contributed by atoms with Crippen molar-refractivity contribution in [3.05, 3.63) is 75.1 Å². The molecule has 4 aromatic rings. The van der Waals surface area contributed by atoms with Gasteiger partial charge < -0.3 is 10.1 Å². The Morgan fingerprint density at radius 2 is 1.94 bits per heavy atom. The van der Waals surface area contributed by atoms with Gasteiger partial charge in [0.1, 0.15) is 16.4 Å². The summed E-state index contributed by atoms with van der Waals surface area (Å²) in [7, 11) is 1.58. The number of thioether (sulfide) groups is 1. The van der Waals surface area contributed by atoms with Gasteiger partial charge in [-0.05, 0) is 55.3 Å². The van der Waals surface area contributed by atoms with E-state index in [4.69, 9.17) is 9.72 Å². The first kappa shape index (κ1) is 24.0. The van der Waals surface area contributed by atoms with Gasteiger partial charge in [0, 0.05) is 4.88 Å². The lowest BCUT2D eigenvalue weighted by atomic mass is 10.1. The van der Waals surface area contributed by atoms with Gasteiger partial charge in [-0.2, -0.15) is 0 Å². The lowest BCUT2D eigenvalue weighted by Crippen LogP contribution is -2.23. The summed E-state index contributed by atoms with van der Waals surface area (Å²) >= 11 is 2.65. The molecule has 2 aromatic heterocycles. The molecule has 9 heteroatoms. The van der Waals surface area contributed by atoms with Gasteiger partial charge in [0.25, 0.3) is 5.56 Å². The number of ether oxygens (including phenoxy) is 1. The van der Waals surface area contributed by atoms with E-state index in [2.05, 4.69) is 12.2 Å². The number of nitrogens with one attached hydrogen (secondary N) is 1. The molecule has 2 heterocycles. The number of para-hydroxylation sites is 1. The summed E-state index contributed by atoms with van der Waals surface area (Å²) in [6, 6.07) is 13.1. The summed E-state index contributed by atoms with van der Waals surface area (Å²) in [4.78, 5) is 32.8. The molecule has 1 amide bonds. The van der Waals surface area contributed by atoms with E-state index in [9.17, 15) is 14.0 Å². The lowest BCUT2D eigenvalue weighted by molar-refractivity contribution is -0.113. The van der Waals surface area contributed by atoms with E-state index in [0.29, 0.717) is 26.8 Å². The van der Waals surface area contributed by atoms with Crippen LogP contribution in [0.25, 0.3) is 15.9 Å². The average Bonchev–Trinajstić information content (AvgIpc) is 3.15. The maximum atomic E-state index is 13.9. The second-order valence-corrected chi connectivity index (χ2v) is 9.66. The first-order chi connectivity index (χ1) is 16.4. The SMILES string of the molecule is CCCc1sc2nc(SCC(=O)Nc3ccccc3F)n(-c3ccc(OC)cc3)c(=O)c2c1C. The van der Waals surface area contributed by atoms with Crippen LogP contribution in [-0.2, 0) is 11.2 Å². The Bertz CT molecular complexity index is 1400. The molecule has 0 aliphatic rings. The molecule has 0 aliphatic carbocycles. The minimum absolute atomic E-state index is 0.0331. The Morgan fingerprint density at radius 3 is 2.62 bits per heavy atom. The number of hydrogen-bond acceptors (Lipinski definition) is 6. The molecule has 0 unspecified atom stereocenters. The maximum Gasteiger partial charge on any atom is 0.267 e. The monoisotopic (exact) mass is 497 g/mol. The molecule has 4 rings (SSSR count). The van der Waals surface area contributed by atoms with Crippen molar-refractivity contribution in [2.45, 2.75) is 31.8 Å². The second-order valence-electron chi connectivity index (χ2n) is 7.63. The molecule has 1 N–H and O–H groups in total. The van der Waals surface area contributed by atoms with Crippen LogP contribution in [0, 0.1) is 12.7 Å². The van der Waals surface area contributed by atoms with Crippen molar-refractivity contribution < 1.29 is 13.9 Å². The van der Waals surface area contributed by atoms with Gasteiger partial charge in [0.05, 0.1) is 29.6 Å². The number of anilines is 1. The number of fused-ring (bicyclic) bond motifs is 1. The summed E-state index contributed by atoms with van der Waals surface area (Å²) < 4.78 is 20.7. The number of thiophene rings is 1. The van der Waals surface area contributed by atoms with E-state index >= 15 is 0 Å². The fourth-order valence-electron chi connectivity index (χ4n) is 3.61. The van der Waals surface area contributed by atoms with Gasteiger partial charge in [-0.1, -0.05) is 37.2 Å². The predicted octanol–water partition coefficient (Wildman–Crippen LogP) is 5.59. The van der Waals surface area contributed by atoms with Crippen LogP contribution in [0.5, 0.6) is 5.75 Å². The number of aryl methyl sites for hydroxylation is 2. The third-order valence-corrected chi connectivity index (χ3v) is 7.50. The Hall–Kier alpha value is -3.17. The van der Waals surface area contributed by atoms with Crippen LogP contribution in [-0.4, -0.2) is 28.3 Å². The molecule has 0 aliphatic heterocycles. The molecule has 0 saturated heterocycles. The van der Waals surface area contributed by atoms with Crippen LogP contribution in [0.15, 0.2) is 58.5 Å². The minimum Gasteiger partial charge on any atom is -0.497 e. The third kappa shape index (κ3) is 4.85. The number of methoxy groups -OCH3 is 1. The Kier molecular flexibility index (Phi) is 7.33. The molecule has 0 bridgehead atoms. The number of rotatable bonds is 8. The molecule has 0 radical (unpaired) electrons. The molecule has 0 atom stereocenters. The molecule has 6 nitrogen and oxygen atoms in total. The van der Waals surface area contributed by atoms with Crippen LogP contribution in [0.4, 0.5) is 10.1 Å². The van der Waals surface area contributed by atoms with Gasteiger partial charge >= 0.3 is 0 Å². The van der Waals surface area contributed by atoms with Crippen LogP contribution in [0.2, 0.25) is 0 Å². The molecule has 0 spiro atoms. The van der Waals surface area contributed by atoms with Crippen molar-refractivity contribution in [1.29, 1.82) is 0 Å². The summed E-state index contributed by atoms with van der Waals surface area (Å²) in [5, 5.41) is 3.57. The van der Waals surface area contributed by atoms with E-state index in [0.717, 1.165) is 35.0 Å². The number of aromatic nitrogens is 2. The van der Waals surface area contributed by atoms with Gasteiger partial charge in [-0.25, -0.2) is 9.37 Å². The Labute approximate surface area is 204 Å². The molecule has 176 valence electrons. The largest absolute Gasteiger partial charge is 0.497 e. The predicted molar refractivity (Wildman–Crippen MR) is 136 cm³/mol. The molecule has 2 aromatic carbocycles. The highest BCUT2D eigenvalue weighted by Crippen LogP contribution is 2.31. The Morgan fingerprint density at radius 1 is 1.21 bits per heavy atom. The normalized spacial score (nSPS) is 11.1. The number of benzene rings is 2. The third-order valence-electron chi connectivity index (χ3n) is 5.32. The highest BCUT2D eigenvalue weighted by Gasteiger charge is 2.20. The Balaban J connectivity index is 1.73. The van der Waals surface area contributed by atoms with Crippen molar-refractivity contribution >= 4 is 44.9 Å². The standard InChI is InChI=1S/C25H24FN3O3S2/c1-4-7-20-15(2)22-23(34-20)28-25(29(24(22)31)16-10-12-17(32-3)13-11-16)33-14-21(30)27-19-9-6-5-8-18(19)26/h5-6,8-13H,4,7,14H2,1-3H3,(H,27,30). The number of nitrogens with zero attached hydrogens (tertiary/aromatic N) is 2. The average molecular weight is 498 g/mol. The van der Waals surface area contributed by atoms with E-state index < -0.39 is 5.82 Å². The lowest BCUT2D eigenvalue weighted by Gasteiger charge is -2.13. The zero-order valence-corrected chi connectivity index (χ0v) is 20.7. The molecule has 34 heavy (non-hydrogen) atoms. The molecular weight excluding hydrogens is 473 g/mol. The van der Waals surface area contributed by atoms with Gasteiger partial charge in [-0.15, -0.1) is 11.3 Å². The topological polar surface area (TPSA) is 73.2 Å². The van der Waals surface area contributed by atoms with E-state index in [1.807, 2.05) is 6.92 Å². The van der Waals surface area contributed by atoms with Crippen molar-refractivity contribution in [2.24, 2.45) is 0 Å². The van der Waals surface area contributed by atoms with Gasteiger partial charge in [0.15, 0.2) is 5.16 Å². The zero-order chi connectivity index (χ0) is 24.2. The van der Waals surface area contributed by atoms with Crippen molar-refractivity contribution in [2.75, 3.05) is 18.2 Å². The van der Waals surface area contributed by atoms with Crippen LogP contribution in [0.3, 0.4) is 0 Å². The highest BCUT2D eigenvalue weighted by molar-refractivity contribution is 7.99. The number of carbonyl (C=O) groups is 1. The van der Waals surface area contributed by atoms with Crippen LogP contribution >= 0.6 is 23.1 Å². The summed E-state index contributed by atoms with van der Waals surface area (Å²) in [5.74, 6) is -0.261. The zero-order valence-electron chi connectivity index (χ0n) is 19.1. The van der Waals surface area contributed by atoms with Crippen LogP contribution < -0.4 is 15.6 Å². The van der Waals surface area contributed by atoms with Crippen LogP contribution in [0.1, 0.15) is 23.8 Å². The number of halogens is 1. The van der Waals surface area contributed by atoms with E-state index in [1.54, 1.807) is 43.5 Å². The number of carbonyl (C=O) groups excluding carboxylic acids is 1. The maximum absolute atomic E-state index is 13.9. The van der Waals surface area contributed by atoms with Gasteiger partial charge in [-0.3, -0.25) is 14.2 Å². The molecular formula is C25H24FN3O3S2. The fraction of sp³-hybridized carbons (Fsp3) is 0.240. The summed E-state index contributed by atoms with van der Waals surface area (Å²) in [5.41, 5.74) is 1.51. The number of hydrogen-bond donors (Lipinski definition) is 1. The van der Waals surface area contributed by atoms with Crippen molar-refractivity contribution in [1.82, 2.24) is 9.55 Å². The quantitative estimate of drug-likeness (QED) is 0.254. The summed E-state index contributed by atoms with van der Waals surface area (Å²) in [6.45, 7) is 4.06. The van der Waals surface area contributed by atoms with E-state index in [1.165, 1.54) is 28.0 Å². The first-order valence-corrected chi connectivity index (χ1v) is 12.6. The molecule has 0 fully saturated rings. The second kappa shape index (κ2) is 10.4. The number of amides is 1. The minimum atomic E-state index is -0.506. The summed E-state index contributed by atoms with van der Waals surface area (Å²) in [6.07, 6.45) is 1.85. The highest BCUT2D eigenvalue weighted by atomic mass is 32.2. The molecule has 0 saturated carbocycles. The first-order valence-electron chi connectivity index (χ1n) is 10.8. The van der Waals surface area contributed by atoms with Crippen molar-refractivity contribution in [3.63, 3.8) is 0 Å². The van der Waals surface area contributed by atoms with E-state index in [-0.39, 0.29) is 22.9 Å². The van der Waals surface area contributed by atoms with Gasteiger partial charge in [0.2, 0.25) is 5.91 Å². The fourth-order valence-corrected chi connectivity index (χ4v) is 5.74. The van der Waals surface area contributed by atoms with Crippen molar-refractivity contribution in [3.8, 4) is 11.4 Å². The smallest absolute Gasteiger partial charge is 0.267 e.